The molecule has 0 radical (unpaired) electrons. The lowest BCUT2D eigenvalue weighted by Crippen LogP contribution is -2.52. The maximum absolute atomic E-state index is 13.2. The van der Waals surface area contributed by atoms with E-state index in [2.05, 4.69) is 58.9 Å². The second-order valence-electron chi connectivity index (χ2n) is 8.17. The molecule has 1 N–H and O–H groups in total. The number of benzene rings is 1. The summed E-state index contributed by atoms with van der Waals surface area (Å²) in [6, 6.07) is 10.5. The van der Waals surface area contributed by atoms with E-state index in [1.165, 1.54) is 5.56 Å². The minimum absolute atomic E-state index is 0.0207. The number of piperidine rings is 1. The molecule has 0 bridgehead atoms. The fraction of sp³-hybridized carbons (Fsp3) is 0.455. The van der Waals surface area contributed by atoms with Gasteiger partial charge >= 0.3 is 0 Å². The van der Waals surface area contributed by atoms with E-state index >= 15 is 0 Å². The van der Waals surface area contributed by atoms with Crippen molar-refractivity contribution in [1.29, 1.82) is 0 Å². The van der Waals surface area contributed by atoms with Crippen molar-refractivity contribution in [2.45, 2.75) is 19.4 Å². The van der Waals surface area contributed by atoms with E-state index in [1.807, 2.05) is 6.07 Å². The minimum atomic E-state index is 0.0207. The molecule has 30 heavy (non-hydrogen) atoms. The number of hydrogen-bond acceptors (Lipinski definition) is 6. The number of H-pyrrole nitrogens is 1. The molecule has 2 aromatic heterocycles. The first-order valence-corrected chi connectivity index (χ1v) is 10.7. The van der Waals surface area contributed by atoms with E-state index < -0.39 is 0 Å². The largest absolute Gasteiger partial charge is 0.354 e. The molecule has 2 fully saturated rings. The van der Waals surface area contributed by atoms with Gasteiger partial charge < -0.3 is 14.8 Å². The van der Waals surface area contributed by atoms with Gasteiger partial charge in [0.25, 0.3) is 0 Å². The second kappa shape index (κ2) is 8.39. The number of aromatic amines is 1. The number of nitrogens with one attached hydrogen (secondary N) is 1. The Morgan fingerprint density at radius 3 is 2.70 bits per heavy atom. The molecular weight excluding hydrogens is 378 g/mol. The van der Waals surface area contributed by atoms with Crippen molar-refractivity contribution in [2.75, 3.05) is 44.2 Å². The normalized spacial score (nSPS) is 20.6. The van der Waals surface area contributed by atoms with Crippen LogP contribution in [0.4, 0.5) is 5.82 Å². The second-order valence-corrected chi connectivity index (χ2v) is 8.17. The molecule has 1 aromatic carbocycles. The molecule has 8 nitrogen and oxygen atoms in total. The molecule has 2 saturated heterocycles. The van der Waals surface area contributed by atoms with Gasteiger partial charge in [0.05, 0.1) is 12.2 Å². The van der Waals surface area contributed by atoms with Gasteiger partial charge in [-0.1, -0.05) is 30.3 Å². The Balaban J connectivity index is 1.20. The summed E-state index contributed by atoms with van der Waals surface area (Å²) < 4.78 is 0. The fourth-order valence-electron chi connectivity index (χ4n) is 4.59. The number of carbonyl (C=O) groups is 1. The molecule has 1 amide bonds. The van der Waals surface area contributed by atoms with E-state index in [0.29, 0.717) is 12.2 Å². The van der Waals surface area contributed by atoms with Gasteiger partial charge in [-0.3, -0.25) is 9.69 Å². The van der Waals surface area contributed by atoms with Crippen LogP contribution < -0.4 is 4.90 Å². The lowest BCUT2D eigenvalue weighted by molar-refractivity contribution is -0.137. The summed E-state index contributed by atoms with van der Waals surface area (Å²) in [6.45, 7) is 6.03. The fourth-order valence-corrected chi connectivity index (χ4v) is 4.59. The Morgan fingerprint density at radius 2 is 1.87 bits per heavy atom. The number of hydrogen-bond donors (Lipinski definition) is 1. The Hall–Kier alpha value is -3.00. The molecule has 0 aliphatic carbocycles. The third-order valence-corrected chi connectivity index (χ3v) is 6.21. The van der Waals surface area contributed by atoms with Crippen LogP contribution in [0.1, 0.15) is 18.4 Å². The molecule has 1 atom stereocenters. The van der Waals surface area contributed by atoms with Gasteiger partial charge in [0.1, 0.15) is 11.8 Å². The lowest BCUT2D eigenvalue weighted by atomic mass is 9.96. The van der Waals surface area contributed by atoms with E-state index in [-0.39, 0.29) is 11.8 Å². The first-order valence-electron chi connectivity index (χ1n) is 10.7. The van der Waals surface area contributed by atoms with Gasteiger partial charge in [-0.05, 0) is 18.4 Å². The van der Waals surface area contributed by atoms with Gasteiger partial charge in [-0.25, -0.2) is 15.0 Å². The maximum Gasteiger partial charge on any atom is 0.227 e. The van der Waals surface area contributed by atoms with Crippen LogP contribution in [0.5, 0.6) is 0 Å². The lowest BCUT2D eigenvalue weighted by Gasteiger charge is -2.39. The third kappa shape index (κ3) is 3.87. The number of rotatable bonds is 4. The highest BCUT2D eigenvalue weighted by Crippen LogP contribution is 2.27. The predicted molar refractivity (Wildman–Crippen MR) is 115 cm³/mol. The van der Waals surface area contributed by atoms with Crippen LogP contribution in [0.3, 0.4) is 0 Å². The Bertz CT molecular complexity index is 997. The SMILES string of the molecule is O=C(C1CCCN(c2ncnc3nc[nH]c23)C1)N1CCN(Cc2ccccc2)CC1. The first kappa shape index (κ1) is 19.0. The third-order valence-electron chi connectivity index (χ3n) is 6.21. The highest BCUT2D eigenvalue weighted by atomic mass is 16.2. The van der Waals surface area contributed by atoms with Crippen LogP contribution in [-0.2, 0) is 11.3 Å². The van der Waals surface area contributed by atoms with Crippen LogP contribution in [0.2, 0.25) is 0 Å². The zero-order chi connectivity index (χ0) is 20.3. The molecule has 0 saturated carbocycles. The predicted octanol–water partition coefficient (Wildman–Crippen LogP) is 1.91. The summed E-state index contributed by atoms with van der Waals surface area (Å²) in [6.07, 6.45) is 5.13. The number of imidazole rings is 1. The summed E-state index contributed by atoms with van der Waals surface area (Å²) in [7, 11) is 0. The summed E-state index contributed by atoms with van der Waals surface area (Å²) in [5.41, 5.74) is 2.85. The minimum Gasteiger partial charge on any atom is -0.354 e. The average Bonchev–Trinajstić information content (AvgIpc) is 3.29. The van der Waals surface area contributed by atoms with Crippen molar-refractivity contribution in [1.82, 2.24) is 29.7 Å². The number of anilines is 1. The summed E-state index contributed by atoms with van der Waals surface area (Å²) in [4.78, 5) is 36.0. The van der Waals surface area contributed by atoms with E-state index in [4.69, 9.17) is 0 Å². The zero-order valence-electron chi connectivity index (χ0n) is 17.1. The Labute approximate surface area is 175 Å². The van der Waals surface area contributed by atoms with E-state index in [0.717, 1.165) is 63.4 Å². The van der Waals surface area contributed by atoms with Gasteiger partial charge in [0.2, 0.25) is 5.91 Å². The summed E-state index contributed by atoms with van der Waals surface area (Å²) >= 11 is 0. The number of carbonyl (C=O) groups excluding carboxylic acids is 1. The average molecular weight is 406 g/mol. The van der Waals surface area contributed by atoms with Crippen LogP contribution >= 0.6 is 0 Å². The van der Waals surface area contributed by atoms with Crippen molar-refractivity contribution in [2.24, 2.45) is 5.92 Å². The molecule has 3 aromatic rings. The van der Waals surface area contributed by atoms with Gasteiger partial charge in [0.15, 0.2) is 11.5 Å². The number of nitrogens with zero attached hydrogens (tertiary/aromatic N) is 6. The number of fused-ring (bicyclic) bond motifs is 1. The van der Waals surface area contributed by atoms with E-state index in [1.54, 1.807) is 12.7 Å². The number of amides is 1. The topological polar surface area (TPSA) is 81.2 Å². The van der Waals surface area contributed by atoms with Crippen molar-refractivity contribution >= 4 is 22.9 Å². The van der Waals surface area contributed by atoms with Crippen molar-refractivity contribution in [3.8, 4) is 0 Å². The van der Waals surface area contributed by atoms with Crippen molar-refractivity contribution in [3.05, 3.63) is 48.5 Å². The smallest absolute Gasteiger partial charge is 0.227 e. The van der Waals surface area contributed by atoms with Crippen LogP contribution in [0.15, 0.2) is 43.0 Å². The molecule has 1 unspecified atom stereocenters. The van der Waals surface area contributed by atoms with Crippen LogP contribution in [-0.4, -0.2) is 74.9 Å². The molecule has 2 aliphatic rings. The van der Waals surface area contributed by atoms with E-state index in [9.17, 15) is 4.79 Å². The molecule has 156 valence electrons. The number of piperazine rings is 1. The van der Waals surface area contributed by atoms with Gasteiger partial charge in [-0.15, -0.1) is 0 Å². The monoisotopic (exact) mass is 405 g/mol. The summed E-state index contributed by atoms with van der Waals surface area (Å²) in [5, 5.41) is 0. The summed E-state index contributed by atoms with van der Waals surface area (Å²) in [5.74, 6) is 1.16. The van der Waals surface area contributed by atoms with Crippen LogP contribution in [0, 0.1) is 5.92 Å². The molecule has 8 heteroatoms. The quantitative estimate of drug-likeness (QED) is 0.714. The van der Waals surface area contributed by atoms with Crippen LogP contribution in [0.25, 0.3) is 11.2 Å². The molecule has 0 spiro atoms. The maximum atomic E-state index is 13.2. The highest BCUT2D eigenvalue weighted by Gasteiger charge is 2.32. The molecule has 2 aliphatic heterocycles. The zero-order valence-corrected chi connectivity index (χ0v) is 17.1. The molecule has 5 rings (SSSR count). The number of aromatic nitrogens is 4. The molecular formula is C22H27N7O. The van der Waals surface area contributed by atoms with Gasteiger partial charge in [-0.2, -0.15) is 0 Å². The Kier molecular flexibility index (Phi) is 5.31. The highest BCUT2D eigenvalue weighted by molar-refractivity contribution is 5.84. The van der Waals surface area contributed by atoms with Gasteiger partial charge in [0, 0.05) is 45.8 Å². The first-order chi connectivity index (χ1) is 14.8. The van der Waals surface area contributed by atoms with Crippen molar-refractivity contribution in [3.63, 3.8) is 0 Å². The molecule has 4 heterocycles. The standard InChI is InChI=1S/C22H27N7O/c30-22(28-11-9-27(10-12-28)13-17-5-2-1-3-6-17)18-7-4-8-29(14-18)21-19-20(24-15-23-19)25-16-26-21/h1-3,5-6,15-16,18H,4,7-14H2,(H,23,24,25,26). The Morgan fingerprint density at radius 1 is 1.03 bits per heavy atom. The van der Waals surface area contributed by atoms with Crippen molar-refractivity contribution < 1.29 is 4.79 Å².